The second-order valence-corrected chi connectivity index (χ2v) is 4.48. The van der Waals surface area contributed by atoms with Crippen LogP contribution in [0.5, 0.6) is 0 Å². The molecule has 0 unspecified atom stereocenters. The Labute approximate surface area is 54.8 Å². The summed E-state index contributed by atoms with van der Waals surface area (Å²) < 4.78 is 0. The highest BCUT2D eigenvalue weighted by molar-refractivity contribution is 6.35. The van der Waals surface area contributed by atoms with Crippen molar-refractivity contribution in [1.82, 2.24) is 0 Å². The van der Waals surface area contributed by atoms with E-state index in [1.165, 1.54) is 18.5 Å². The first-order valence-electron chi connectivity index (χ1n) is 3.53. The van der Waals surface area contributed by atoms with Crippen molar-refractivity contribution in [2.24, 2.45) is 0 Å². The van der Waals surface area contributed by atoms with E-state index in [4.69, 9.17) is 0 Å². The van der Waals surface area contributed by atoms with Gasteiger partial charge in [0.25, 0.3) is 0 Å². The molecule has 0 aliphatic carbocycles. The summed E-state index contributed by atoms with van der Waals surface area (Å²) in [6.07, 6.45) is 5.74. The molecule has 0 fully saturated rings. The molecule has 0 rings (SSSR count). The third-order valence-electron chi connectivity index (χ3n) is 1.21. The monoisotopic (exact) mass is 128 g/mol. The van der Waals surface area contributed by atoms with Gasteiger partial charge in [-0.25, -0.2) is 0 Å². The van der Waals surface area contributed by atoms with E-state index < -0.39 is 0 Å². The summed E-state index contributed by atoms with van der Waals surface area (Å²) in [5, 5.41) is 0. The van der Waals surface area contributed by atoms with Gasteiger partial charge in [-0.15, -0.1) is 0 Å². The van der Waals surface area contributed by atoms with Crippen LogP contribution >= 0.6 is 0 Å². The lowest BCUT2D eigenvalue weighted by atomic mass is 10.4. The molecule has 0 aromatic carbocycles. The standard InChI is InChI=1S/C7H16Si/c1-3-5-6-7-8-4-2/h3,5H,4,6-8H2,1-2H3/b5-3+. The first-order valence-corrected chi connectivity index (χ1v) is 5.53. The van der Waals surface area contributed by atoms with Gasteiger partial charge in [-0.2, -0.15) is 0 Å². The van der Waals surface area contributed by atoms with Crippen LogP contribution in [0.4, 0.5) is 0 Å². The maximum Gasteiger partial charge on any atom is 0.0198 e. The third-order valence-corrected chi connectivity index (χ3v) is 2.83. The van der Waals surface area contributed by atoms with Crippen LogP contribution in [-0.2, 0) is 0 Å². The summed E-state index contributed by atoms with van der Waals surface area (Å²) in [4.78, 5) is 0. The molecule has 0 saturated carbocycles. The van der Waals surface area contributed by atoms with Crippen molar-refractivity contribution < 1.29 is 0 Å². The van der Waals surface area contributed by atoms with Crippen molar-refractivity contribution in [2.75, 3.05) is 0 Å². The van der Waals surface area contributed by atoms with Crippen LogP contribution in [0.2, 0.25) is 12.1 Å². The Kier molecular flexibility index (Phi) is 6.92. The predicted molar refractivity (Wildman–Crippen MR) is 43.3 cm³/mol. The van der Waals surface area contributed by atoms with Crippen LogP contribution in [0, 0.1) is 0 Å². The van der Waals surface area contributed by atoms with E-state index in [-0.39, 0.29) is 0 Å². The Hall–Kier alpha value is -0.0431. The molecule has 0 radical (unpaired) electrons. The quantitative estimate of drug-likeness (QED) is 0.308. The lowest BCUT2D eigenvalue weighted by molar-refractivity contribution is 1.18. The van der Waals surface area contributed by atoms with Gasteiger partial charge in [0, 0.05) is 9.52 Å². The molecule has 0 aromatic rings. The van der Waals surface area contributed by atoms with Gasteiger partial charge in [0.15, 0.2) is 0 Å². The minimum absolute atomic E-state index is 0.350. The average Bonchev–Trinajstić information content (AvgIpc) is 1.81. The fraction of sp³-hybridized carbons (Fsp3) is 0.714. The van der Waals surface area contributed by atoms with Crippen molar-refractivity contribution in [3.8, 4) is 0 Å². The van der Waals surface area contributed by atoms with Crippen molar-refractivity contribution in [3.05, 3.63) is 12.2 Å². The number of hydrogen-bond acceptors (Lipinski definition) is 0. The minimum atomic E-state index is 0.350. The molecular formula is C7H16Si. The molecule has 0 aliphatic rings. The zero-order valence-corrected chi connectivity index (χ0v) is 7.40. The maximum atomic E-state index is 2.29. The van der Waals surface area contributed by atoms with Crippen LogP contribution in [-0.4, -0.2) is 9.52 Å². The van der Waals surface area contributed by atoms with Gasteiger partial charge >= 0.3 is 0 Å². The van der Waals surface area contributed by atoms with Crippen molar-refractivity contribution in [2.45, 2.75) is 32.4 Å². The van der Waals surface area contributed by atoms with Crippen molar-refractivity contribution in [3.63, 3.8) is 0 Å². The van der Waals surface area contributed by atoms with Crippen molar-refractivity contribution in [1.29, 1.82) is 0 Å². The van der Waals surface area contributed by atoms with Gasteiger partial charge in [0.05, 0.1) is 0 Å². The number of allylic oxidation sites excluding steroid dienone is 2. The smallest absolute Gasteiger partial charge is 0.0198 e. The van der Waals surface area contributed by atoms with Gasteiger partial charge in [-0.3, -0.25) is 0 Å². The second-order valence-electron chi connectivity index (χ2n) is 2.06. The van der Waals surface area contributed by atoms with Crippen LogP contribution in [0.1, 0.15) is 20.3 Å². The molecule has 0 amide bonds. The lowest BCUT2D eigenvalue weighted by Gasteiger charge is -1.87. The molecule has 0 aliphatic heterocycles. The molecule has 48 valence electrons. The van der Waals surface area contributed by atoms with E-state index in [1.807, 2.05) is 0 Å². The lowest BCUT2D eigenvalue weighted by Crippen LogP contribution is -1.81. The first-order chi connectivity index (χ1) is 3.91. The number of rotatable bonds is 4. The van der Waals surface area contributed by atoms with E-state index in [9.17, 15) is 0 Å². The topological polar surface area (TPSA) is 0 Å². The first kappa shape index (κ1) is 7.96. The SMILES string of the molecule is C/C=C/CC[SiH2]CC. The molecule has 0 nitrogen and oxygen atoms in total. The van der Waals surface area contributed by atoms with E-state index in [0.717, 1.165) is 0 Å². The van der Waals surface area contributed by atoms with E-state index in [0.29, 0.717) is 9.52 Å². The zero-order chi connectivity index (χ0) is 6.24. The van der Waals surface area contributed by atoms with Gasteiger partial charge in [0.2, 0.25) is 0 Å². The van der Waals surface area contributed by atoms with Gasteiger partial charge in [0.1, 0.15) is 0 Å². The second kappa shape index (κ2) is 6.96. The Morgan fingerprint density at radius 3 is 2.75 bits per heavy atom. The molecule has 8 heavy (non-hydrogen) atoms. The fourth-order valence-corrected chi connectivity index (χ4v) is 1.70. The average molecular weight is 128 g/mol. The molecular weight excluding hydrogens is 112 g/mol. The number of hydrogen-bond donors (Lipinski definition) is 0. The molecule has 1 heteroatoms. The summed E-state index contributed by atoms with van der Waals surface area (Å²) >= 11 is 0. The molecule has 0 spiro atoms. The highest BCUT2D eigenvalue weighted by Crippen LogP contribution is 1.91. The van der Waals surface area contributed by atoms with E-state index in [1.54, 1.807) is 0 Å². The Morgan fingerprint density at radius 2 is 2.25 bits per heavy atom. The van der Waals surface area contributed by atoms with Gasteiger partial charge < -0.3 is 0 Å². The zero-order valence-electron chi connectivity index (χ0n) is 5.98. The normalized spacial score (nSPS) is 12.2. The summed E-state index contributed by atoms with van der Waals surface area (Å²) in [5.74, 6) is 0. The molecule has 0 atom stereocenters. The molecule has 0 saturated heterocycles. The van der Waals surface area contributed by atoms with Crippen LogP contribution in [0.15, 0.2) is 12.2 Å². The Morgan fingerprint density at radius 1 is 1.50 bits per heavy atom. The Balaban J connectivity index is 2.72. The van der Waals surface area contributed by atoms with Gasteiger partial charge in [-0.1, -0.05) is 31.2 Å². The molecule has 0 aromatic heterocycles. The van der Waals surface area contributed by atoms with Crippen LogP contribution < -0.4 is 0 Å². The highest BCUT2D eigenvalue weighted by Gasteiger charge is 1.79. The van der Waals surface area contributed by atoms with Gasteiger partial charge in [-0.05, 0) is 13.3 Å². The predicted octanol–water partition coefficient (Wildman–Crippen LogP) is 1.98. The minimum Gasteiger partial charge on any atom is -0.0917 e. The third kappa shape index (κ3) is 5.96. The maximum absolute atomic E-state index is 2.29. The van der Waals surface area contributed by atoms with Crippen molar-refractivity contribution >= 4 is 9.52 Å². The Bertz CT molecular complexity index is 57.4. The largest absolute Gasteiger partial charge is 0.0917 e. The highest BCUT2D eigenvalue weighted by atomic mass is 28.2. The summed E-state index contributed by atoms with van der Waals surface area (Å²) in [5.41, 5.74) is 0. The van der Waals surface area contributed by atoms with Crippen LogP contribution in [0.25, 0.3) is 0 Å². The van der Waals surface area contributed by atoms with E-state index in [2.05, 4.69) is 26.0 Å². The van der Waals surface area contributed by atoms with Crippen LogP contribution in [0.3, 0.4) is 0 Å². The summed E-state index contributed by atoms with van der Waals surface area (Å²) in [7, 11) is 0.350. The summed E-state index contributed by atoms with van der Waals surface area (Å²) in [6.45, 7) is 4.38. The molecule has 0 heterocycles. The molecule has 0 bridgehead atoms. The van der Waals surface area contributed by atoms with E-state index >= 15 is 0 Å². The fourth-order valence-electron chi connectivity index (χ4n) is 0.679. The molecule has 0 N–H and O–H groups in total. The summed E-state index contributed by atoms with van der Waals surface area (Å²) in [6, 6.07) is 2.97.